The molecular weight excluding hydrogens is 287 g/mol. The third-order valence-electron chi connectivity index (χ3n) is 3.53. The van der Waals surface area contributed by atoms with Crippen molar-refractivity contribution >= 4 is 17.4 Å². The number of carbonyl (C=O) groups excluding carboxylic acids is 2. The number of nitrogens with zero attached hydrogens (tertiary/aromatic N) is 3. The van der Waals surface area contributed by atoms with Gasteiger partial charge in [0.05, 0.1) is 5.69 Å². The monoisotopic (exact) mass is 296 g/mol. The molecule has 1 aliphatic rings. The third-order valence-corrected chi connectivity index (χ3v) is 3.53. The van der Waals surface area contributed by atoms with Gasteiger partial charge in [-0.3, -0.25) is 9.59 Å². The highest BCUT2D eigenvalue weighted by Gasteiger charge is 2.51. The molecule has 1 atom stereocenters. The van der Waals surface area contributed by atoms with Crippen LogP contribution in [-0.4, -0.2) is 11.7 Å². The Labute approximate surface area is 124 Å². The molecule has 0 aliphatic carbocycles. The van der Waals surface area contributed by atoms with Gasteiger partial charge in [-0.15, -0.1) is 0 Å². The fraction of sp³-hybridized carbons (Fsp3) is 0.0667. The van der Waals surface area contributed by atoms with Crippen molar-refractivity contribution in [3.63, 3.8) is 0 Å². The maximum atomic E-state index is 13.1. The summed E-state index contributed by atoms with van der Waals surface area (Å²) in [6, 6.07) is 11.1. The fourth-order valence-electron chi connectivity index (χ4n) is 2.47. The van der Waals surface area contributed by atoms with Crippen molar-refractivity contribution in [1.29, 1.82) is 0 Å². The zero-order valence-corrected chi connectivity index (χ0v) is 11.2. The molecule has 22 heavy (non-hydrogen) atoms. The van der Waals surface area contributed by atoms with Gasteiger partial charge >= 0.3 is 0 Å². The Hall–Kier alpha value is -3.18. The molecule has 0 saturated heterocycles. The quantitative estimate of drug-likeness (QED) is 0.399. The van der Waals surface area contributed by atoms with Crippen LogP contribution >= 0.6 is 0 Å². The number of halogens is 1. The average molecular weight is 296 g/mol. The van der Waals surface area contributed by atoms with Crippen LogP contribution in [0.5, 0.6) is 0 Å². The predicted molar refractivity (Wildman–Crippen MR) is 76.6 cm³/mol. The lowest BCUT2D eigenvalue weighted by atomic mass is 9.79. The van der Waals surface area contributed by atoms with Gasteiger partial charge in [0.1, 0.15) is 5.82 Å². The summed E-state index contributed by atoms with van der Waals surface area (Å²) < 4.78 is 13.1. The Morgan fingerprint density at radius 2 is 1.77 bits per heavy atom. The van der Waals surface area contributed by atoms with Gasteiger partial charge < -0.3 is 5.32 Å². The Kier molecular flexibility index (Phi) is 3.12. The number of fused-ring (bicyclic) bond motifs is 1. The molecule has 1 unspecified atom stereocenters. The standard InChI is InChI=1S/C15H9FN4O2/c16-10-7-5-9(6-8-10)15(19-20-17)13(21)11-3-1-2-4-12(11)18-14(15)22/h1-8H,(H,18,22). The molecular formula is C15H9FN4O2. The number of para-hydroxylation sites is 1. The summed E-state index contributed by atoms with van der Waals surface area (Å²) in [5, 5.41) is 6.03. The molecule has 2 aromatic rings. The molecule has 0 aromatic heterocycles. The molecule has 3 rings (SSSR count). The first kappa shape index (κ1) is 13.8. The molecule has 0 saturated carbocycles. The van der Waals surface area contributed by atoms with Gasteiger partial charge in [-0.1, -0.05) is 29.4 Å². The van der Waals surface area contributed by atoms with E-state index in [2.05, 4.69) is 15.3 Å². The molecule has 7 heteroatoms. The lowest BCUT2D eigenvalue weighted by Gasteiger charge is -2.31. The number of carbonyl (C=O) groups is 2. The van der Waals surface area contributed by atoms with Gasteiger partial charge in [0, 0.05) is 10.5 Å². The van der Waals surface area contributed by atoms with E-state index in [1.165, 1.54) is 18.2 Å². The van der Waals surface area contributed by atoms with Crippen molar-refractivity contribution < 1.29 is 14.0 Å². The van der Waals surface area contributed by atoms with Crippen LogP contribution in [0.15, 0.2) is 53.6 Å². The molecule has 2 aromatic carbocycles. The van der Waals surface area contributed by atoms with E-state index >= 15 is 0 Å². The molecule has 0 spiro atoms. The molecule has 1 aliphatic heterocycles. The van der Waals surface area contributed by atoms with E-state index in [4.69, 9.17) is 5.53 Å². The van der Waals surface area contributed by atoms with E-state index < -0.39 is 23.0 Å². The zero-order chi connectivity index (χ0) is 15.7. The summed E-state index contributed by atoms with van der Waals surface area (Å²) in [6.07, 6.45) is 0. The van der Waals surface area contributed by atoms with Crippen LogP contribution in [0.3, 0.4) is 0 Å². The second kappa shape index (κ2) is 4.98. The topological polar surface area (TPSA) is 94.9 Å². The number of azide groups is 1. The highest BCUT2D eigenvalue weighted by molar-refractivity contribution is 6.27. The van der Waals surface area contributed by atoms with Crippen molar-refractivity contribution in [2.75, 3.05) is 5.32 Å². The van der Waals surface area contributed by atoms with Crippen LogP contribution in [0.25, 0.3) is 10.4 Å². The van der Waals surface area contributed by atoms with Gasteiger partial charge in [-0.05, 0) is 35.4 Å². The van der Waals surface area contributed by atoms with Crippen LogP contribution in [0.4, 0.5) is 10.1 Å². The SMILES string of the molecule is [N-]=[N+]=NC1(c2ccc(F)cc2)C(=O)Nc2ccccc2C1=O. The van der Waals surface area contributed by atoms with Crippen LogP contribution in [0.2, 0.25) is 0 Å². The van der Waals surface area contributed by atoms with Crippen LogP contribution in [0.1, 0.15) is 15.9 Å². The largest absolute Gasteiger partial charge is 0.324 e. The summed E-state index contributed by atoms with van der Waals surface area (Å²) in [5.41, 5.74) is 7.46. The van der Waals surface area contributed by atoms with Crippen molar-refractivity contribution in [1.82, 2.24) is 0 Å². The predicted octanol–water partition coefficient (Wildman–Crippen LogP) is 3.17. The minimum atomic E-state index is -2.07. The van der Waals surface area contributed by atoms with Gasteiger partial charge in [-0.25, -0.2) is 4.39 Å². The minimum Gasteiger partial charge on any atom is -0.324 e. The Bertz CT molecular complexity index is 828. The number of anilines is 1. The van der Waals surface area contributed by atoms with Gasteiger partial charge in [0.15, 0.2) is 5.78 Å². The third kappa shape index (κ3) is 1.84. The lowest BCUT2D eigenvalue weighted by Crippen LogP contribution is -2.49. The van der Waals surface area contributed by atoms with Crippen molar-refractivity contribution in [2.24, 2.45) is 5.11 Å². The fourth-order valence-corrected chi connectivity index (χ4v) is 2.47. The maximum Gasteiger partial charge on any atom is 0.249 e. The summed E-state index contributed by atoms with van der Waals surface area (Å²) in [6.45, 7) is 0. The number of ketones is 1. The number of Topliss-reactive ketones (excluding diaryl/α,β-unsaturated/α-hetero) is 1. The van der Waals surface area contributed by atoms with E-state index in [1.54, 1.807) is 18.2 Å². The Balaban J connectivity index is 2.27. The number of hydrogen-bond donors (Lipinski definition) is 1. The van der Waals surface area contributed by atoms with Crippen molar-refractivity contribution in [2.45, 2.75) is 5.54 Å². The zero-order valence-electron chi connectivity index (χ0n) is 11.2. The highest BCUT2D eigenvalue weighted by Crippen LogP contribution is 2.38. The normalized spacial score (nSPS) is 19.9. The Morgan fingerprint density at radius 1 is 1.09 bits per heavy atom. The summed E-state index contributed by atoms with van der Waals surface area (Å²) >= 11 is 0. The van der Waals surface area contributed by atoms with Gasteiger partial charge in [0.25, 0.3) is 0 Å². The molecule has 0 fully saturated rings. The maximum absolute atomic E-state index is 13.1. The summed E-state index contributed by atoms with van der Waals surface area (Å²) in [7, 11) is 0. The van der Waals surface area contributed by atoms with E-state index in [0.717, 1.165) is 12.1 Å². The molecule has 108 valence electrons. The van der Waals surface area contributed by atoms with E-state index in [-0.39, 0.29) is 11.1 Å². The first-order chi connectivity index (χ1) is 10.6. The number of rotatable bonds is 2. The number of hydrogen-bond acceptors (Lipinski definition) is 3. The second-order valence-corrected chi connectivity index (χ2v) is 4.74. The molecule has 1 amide bonds. The van der Waals surface area contributed by atoms with E-state index in [9.17, 15) is 14.0 Å². The first-order valence-corrected chi connectivity index (χ1v) is 6.37. The van der Waals surface area contributed by atoms with Crippen molar-refractivity contribution in [3.8, 4) is 0 Å². The summed E-state index contributed by atoms with van der Waals surface area (Å²) in [5.74, 6) is -1.93. The average Bonchev–Trinajstić information content (AvgIpc) is 2.52. The minimum absolute atomic E-state index is 0.115. The van der Waals surface area contributed by atoms with Crippen LogP contribution < -0.4 is 5.32 Å². The number of amides is 1. The number of nitrogens with one attached hydrogen (secondary N) is 1. The molecule has 0 bridgehead atoms. The smallest absolute Gasteiger partial charge is 0.249 e. The van der Waals surface area contributed by atoms with E-state index in [1.807, 2.05) is 0 Å². The van der Waals surface area contributed by atoms with E-state index in [0.29, 0.717) is 5.69 Å². The summed E-state index contributed by atoms with van der Waals surface area (Å²) in [4.78, 5) is 27.9. The molecule has 6 nitrogen and oxygen atoms in total. The van der Waals surface area contributed by atoms with Crippen LogP contribution in [0, 0.1) is 5.82 Å². The Morgan fingerprint density at radius 3 is 2.45 bits per heavy atom. The van der Waals surface area contributed by atoms with Crippen molar-refractivity contribution in [3.05, 3.63) is 75.9 Å². The highest BCUT2D eigenvalue weighted by atomic mass is 19.1. The van der Waals surface area contributed by atoms with Gasteiger partial charge in [-0.2, -0.15) is 0 Å². The molecule has 0 radical (unpaired) electrons. The van der Waals surface area contributed by atoms with Gasteiger partial charge in [0.2, 0.25) is 11.4 Å². The number of benzene rings is 2. The lowest BCUT2D eigenvalue weighted by molar-refractivity contribution is -0.120. The first-order valence-electron chi connectivity index (χ1n) is 6.37. The second-order valence-electron chi connectivity index (χ2n) is 4.74. The molecule has 1 heterocycles. The van der Waals surface area contributed by atoms with Crippen LogP contribution in [-0.2, 0) is 10.3 Å². The molecule has 1 N–H and O–H groups in total.